The van der Waals surface area contributed by atoms with Crippen molar-refractivity contribution in [3.05, 3.63) is 167 Å². The molecule has 1 N–H and O–H groups in total. The van der Waals surface area contributed by atoms with Gasteiger partial charge in [0.2, 0.25) is 5.91 Å². The number of aliphatic carboxylic acids is 1. The van der Waals surface area contributed by atoms with E-state index in [1.54, 1.807) is 91.9 Å². The van der Waals surface area contributed by atoms with Gasteiger partial charge in [-0.1, -0.05) is 48.5 Å². The first-order valence-electron chi connectivity index (χ1n) is 24.8. The Morgan fingerprint density at radius 2 is 0.803 bits per heavy atom. The number of carbonyl (C=O) groups is 4. The fraction of sp³-hybridized carbons (Fsp3) is 0.279. The summed E-state index contributed by atoms with van der Waals surface area (Å²) in [5, 5.41) is 8.82. The number of likely N-dealkylation sites (N-methyl/N-ethyl adjacent to an activating group) is 3. The fourth-order valence-electron chi connectivity index (χ4n) is 8.02. The molecule has 15 nitrogen and oxygen atoms in total. The van der Waals surface area contributed by atoms with Gasteiger partial charge in [-0.05, 0) is 138 Å². The summed E-state index contributed by atoms with van der Waals surface area (Å²) in [5.41, 5.74) is 6.14. The van der Waals surface area contributed by atoms with E-state index in [0.29, 0.717) is 76.4 Å². The number of nitrogens with zero attached hydrogens (tertiary/aromatic N) is 4. The van der Waals surface area contributed by atoms with Crippen LogP contribution in [0.15, 0.2) is 133 Å². The smallest absolute Gasteiger partial charge is 0.303 e. The van der Waals surface area contributed by atoms with E-state index in [9.17, 15) is 19.2 Å². The lowest BCUT2D eigenvalue weighted by atomic mass is 10.0. The summed E-state index contributed by atoms with van der Waals surface area (Å²) in [6.07, 6.45) is 5.41. The first-order chi connectivity index (χ1) is 36.5. The molecule has 0 saturated carbocycles. The summed E-state index contributed by atoms with van der Waals surface area (Å²) in [6, 6.07) is 40.8. The zero-order valence-corrected chi connectivity index (χ0v) is 44.8. The van der Waals surface area contributed by atoms with E-state index >= 15 is 0 Å². The van der Waals surface area contributed by atoms with Crippen molar-refractivity contribution < 1.29 is 52.7 Å². The minimum atomic E-state index is -0.822. The molecular weight excluding hydrogens is 965 g/mol. The van der Waals surface area contributed by atoms with Crippen LogP contribution in [-0.4, -0.2) is 138 Å². The van der Waals surface area contributed by atoms with E-state index in [0.717, 1.165) is 59.6 Å². The van der Waals surface area contributed by atoms with Crippen LogP contribution in [0.1, 0.15) is 46.2 Å². The number of carboxylic acids is 1. The van der Waals surface area contributed by atoms with Crippen molar-refractivity contribution in [2.75, 3.05) is 89.9 Å². The Morgan fingerprint density at radius 3 is 1.12 bits per heavy atom. The van der Waals surface area contributed by atoms with Crippen molar-refractivity contribution in [1.29, 1.82) is 0 Å². The van der Waals surface area contributed by atoms with E-state index in [4.69, 9.17) is 33.5 Å². The van der Waals surface area contributed by atoms with Gasteiger partial charge in [0.1, 0.15) is 46.0 Å². The average Bonchev–Trinajstić information content (AvgIpc) is 3.43. The van der Waals surface area contributed by atoms with Crippen LogP contribution in [0.25, 0.3) is 23.3 Å². The Hall–Kier alpha value is -8.56. The molecule has 3 amide bonds. The molecule has 0 aromatic heterocycles. The Labute approximate surface area is 446 Å². The first kappa shape index (κ1) is 56.7. The van der Waals surface area contributed by atoms with Crippen molar-refractivity contribution in [1.82, 2.24) is 19.6 Å². The zero-order chi connectivity index (χ0) is 54.7. The largest absolute Gasteiger partial charge is 0.497 e. The third-order valence-electron chi connectivity index (χ3n) is 12.4. The van der Waals surface area contributed by atoms with Gasteiger partial charge in [0.05, 0.1) is 28.4 Å². The van der Waals surface area contributed by atoms with Crippen LogP contribution in [0.4, 0.5) is 0 Å². The van der Waals surface area contributed by atoms with Crippen LogP contribution < -0.4 is 28.4 Å². The quantitative estimate of drug-likeness (QED) is 0.0571. The maximum Gasteiger partial charge on any atom is 0.303 e. The highest BCUT2D eigenvalue weighted by Crippen LogP contribution is 2.32. The number of piperazine rings is 1. The second kappa shape index (κ2) is 27.7. The molecule has 0 atom stereocenters. The number of carboxylic acid groups (broad SMARTS) is 1. The molecule has 7 rings (SSSR count). The number of methoxy groups -OCH3 is 4. The molecule has 1 saturated heterocycles. The van der Waals surface area contributed by atoms with Gasteiger partial charge in [-0.25, -0.2) is 0 Å². The number of ether oxygens (including phenoxy) is 6. The van der Waals surface area contributed by atoms with E-state index in [2.05, 4.69) is 11.9 Å². The summed E-state index contributed by atoms with van der Waals surface area (Å²) < 4.78 is 33.4. The summed E-state index contributed by atoms with van der Waals surface area (Å²) in [6.45, 7) is 3.47. The minimum absolute atomic E-state index is 0.0890. The molecule has 0 bridgehead atoms. The minimum Gasteiger partial charge on any atom is -0.497 e. The van der Waals surface area contributed by atoms with Crippen LogP contribution in [0.5, 0.6) is 46.0 Å². The third-order valence-corrected chi connectivity index (χ3v) is 12.4. The van der Waals surface area contributed by atoms with Crippen molar-refractivity contribution >= 4 is 47.0 Å². The van der Waals surface area contributed by atoms with Gasteiger partial charge in [-0.3, -0.25) is 19.2 Å². The number of aryl methyl sites for hydroxylation is 2. The third kappa shape index (κ3) is 16.7. The van der Waals surface area contributed by atoms with Crippen LogP contribution in [0, 0.1) is 0 Å². The van der Waals surface area contributed by atoms with E-state index in [1.165, 1.54) is 4.90 Å². The topological polar surface area (TPSA) is 157 Å². The Balaban J connectivity index is 0.000000250. The monoisotopic (exact) mass is 1030 g/mol. The molecule has 15 heteroatoms. The predicted octanol–water partition coefficient (Wildman–Crippen LogP) is 9.97. The van der Waals surface area contributed by atoms with Gasteiger partial charge < -0.3 is 53.1 Å². The van der Waals surface area contributed by atoms with Gasteiger partial charge in [-0.15, -0.1) is 0 Å². The second-order valence-electron chi connectivity index (χ2n) is 18.4. The fourth-order valence-corrected chi connectivity index (χ4v) is 8.02. The number of hydrogen-bond donors (Lipinski definition) is 1. The average molecular weight is 1030 g/mol. The van der Waals surface area contributed by atoms with Gasteiger partial charge >= 0.3 is 5.97 Å². The summed E-state index contributed by atoms with van der Waals surface area (Å²) in [5.74, 6) is 4.29. The van der Waals surface area contributed by atoms with Crippen LogP contribution in [0.2, 0.25) is 0 Å². The molecule has 398 valence electrons. The molecule has 1 heterocycles. The van der Waals surface area contributed by atoms with E-state index < -0.39 is 5.97 Å². The number of benzene rings is 6. The molecule has 1 fully saturated rings. The van der Waals surface area contributed by atoms with E-state index in [1.807, 2.05) is 120 Å². The molecule has 6 aromatic carbocycles. The van der Waals surface area contributed by atoms with Crippen molar-refractivity contribution in [2.45, 2.75) is 25.7 Å². The van der Waals surface area contributed by atoms with Gasteiger partial charge in [-0.2, -0.15) is 0 Å². The lowest BCUT2D eigenvalue weighted by Crippen LogP contribution is -2.47. The number of amides is 3. The molecule has 1 aliphatic rings. The molecule has 1 aliphatic heterocycles. The SMILES string of the molecule is COc1cc(/C=C(/C(=O)N(C)C)c2ccc(Oc3ccc(CCC(=O)N4CCN(C)CC4)cc3)cc2)cc(OC)c1.COc1cc(/C=C(/C(=O)N(C)C)c2ccc(Oc3ccc(CCC(=O)O)cc3)cc2)cc(OC)c1. The van der Waals surface area contributed by atoms with Crippen LogP contribution in [0.3, 0.4) is 0 Å². The van der Waals surface area contributed by atoms with Crippen molar-refractivity contribution in [3.63, 3.8) is 0 Å². The highest BCUT2D eigenvalue weighted by molar-refractivity contribution is 6.24. The highest BCUT2D eigenvalue weighted by Gasteiger charge is 2.20. The predicted molar refractivity (Wildman–Crippen MR) is 296 cm³/mol. The molecule has 0 radical (unpaired) electrons. The summed E-state index contributed by atoms with van der Waals surface area (Å²) in [7, 11) is 15.3. The van der Waals surface area contributed by atoms with Crippen molar-refractivity contribution in [2.24, 2.45) is 0 Å². The number of hydrogen-bond acceptors (Lipinski definition) is 11. The maximum absolute atomic E-state index is 13.1. The van der Waals surface area contributed by atoms with Crippen LogP contribution in [-0.2, 0) is 32.0 Å². The van der Waals surface area contributed by atoms with Gasteiger partial charge in [0.15, 0.2) is 0 Å². The van der Waals surface area contributed by atoms with E-state index in [-0.39, 0.29) is 24.1 Å². The van der Waals surface area contributed by atoms with Crippen molar-refractivity contribution in [3.8, 4) is 46.0 Å². The second-order valence-corrected chi connectivity index (χ2v) is 18.4. The Morgan fingerprint density at radius 1 is 0.474 bits per heavy atom. The summed E-state index contributed by atoms with van der Waals surface area (Å²) in [4.78, 5) is 56.6. The van der Waals surface area contributed by atoms with Crippen LogP contribution >= 0.6 is 0 Å². The first-order valence-corrected chi connectivity index (χ1v) is 24.8. The number of carbonyl (C=O) groups excluding carboxylic acids is 3. The molecule has 0 spiro atoms. The number of rotatable bonds is 20. The molecule has 6 aromatic rings. The summed E-state index contributed by atoms with van der Waals surface area (Å²) >= 11 is 0. The molecule has 0 unspecified atom stereocenters. The normalized spacial score (nSPS) is 12.6. The lowest BCUT2D eigenvalue weighted by molar-refractivity contribution is -0.137. The maximum atomic E-state index is 13.1. The highest BCUT2D eigenvalue weighted by atomic mass is 16.5. The molecule has 76 heavy (non-hydrogen) atoms. The van der Waals surface area contributed by atoms with Gasteiger partial charge in [0.25, 0.3) is 11.8 Å². The molecule has 0 aliphatic carbocycles. The zero-order valence-electron chi connectivity index (χ0n) is 44.8. The lowest BCUT2D eigenvalue weighted by Gasteiger charge is -2.32. The Bertz CT molecular complexity index is 2920. The van der Waals surface area contributed by atoms with Gasteiger partial charge in [0, 0.05) is 90.5 Å². The standard InChI is InChI=1S/C33H39N3O5.C28H29NO6/c1-34(2)33(38)31(22-25-20-29(39-4)23-30(21-25)40-5)26-9-13-28(14-10-26)41-27-11-6-24(7-12-27)8-15-32(37)36-18-16-35(3)17-19-36;1-29(2)28(32)26(17-20-15-24(33-3)18-25(16-20)34-4)21-8-12-23(13-9-21)35-22-10-5-19(6-11-22)7-14-27(30)31/h6-7,9-14,20-23H,8,15-19H2,1-5H3;5-6,8-13,15-18H,7,14H2,1-4H3,(H,30,31)/b31-22+;26-17+. The Kier molecular flexibility index (Phi) is 20.6. The molecular formula is C61H68N4O11.